The second kappa shape index (κ2) is 2.92. The Bertz CT molecular complexity index is 283. The molecule has 0 atom stereocenters. The Balaban J connectivity index is 3.12. The van der Waals surface area contributed by atoms with Crippen LogP contribution in [0.1, 0.15) is 5.56 Å². The van der Waals surface area contributed by atoms with E-state index in [1.807, 2.05) is 0 Å². The molecule has 58 valence electrons. The van der Waals surface area contributed by atoms with Gasteiger partial charge < -0.3 is 15.4 Å². The second-order valence-electron chi connectivity index (χ2n) is 1.99. The number of phenols is 2. The van der Waals surface area contributed by atoms with Gasteiger partial charge in [-0.2, -0.15) is 0 Å². The maximum absolute atomic E-state index is 9.05. The number of hydrogen-bond donors (Lipinski definition) is 3. The minimum Gasteiger partial charge on any atom is -0.508 e. The van der Waals surface area contributed by atoms with Crippen molar-refractivity contribution in [1.82, 2.24) is 0 Å². The quantitative estimate of drug-likeness (QED) is 0.243. The molecule has 0 aliphatic carbocycles. The van der Waals surface area contributed by atoms with Crippen LogP contribution in [0.2, 0.25) is 0 Å². The molecule has 0 saturated carbocycles. The van der Waals surface area contributed by atoms with E-state index in [0.717, 1.165) is 6.21 Å². The number of hydrogen-bond acceptors (Lipinski definition) is 4. The van der Waals surface area contributed by atoms with Crippen LogP contribution in [0.4, 0.5) is 0 Å². The first-order chi connectivity index (χ1) is 5.24. The molecule has 1 aromatic carbocycles. The summed E-state index contributed by atoms with van der Waals surface area (Å²) in [4.78, 5) is 0. The molecule has 0 unspecified atom stereocenters. The molecular weight excluding hydrogens is 146 g/mol. The summed E-state index contributed by atoms with van der Waals surface area (Å²) >= 11 is 0. The first-order valence-corrected chi connectivity index (χ1v) is 2.93. The van der Waals surface area contributed by atoms with E-state index in [0.29, 0.717) is 0 Å². The van der Waals surface area contributed by atoms with Gasteiger partial charge in [0.25, 0.3) is 0 Å². The lowest BCUT2D eigenvalue weighted by atomic mass is 10.2. The zero-order chi connectivity index (χ0) is 8.27. The molecule has 1 rings (SSSR count). The van der Waals surface area contributed by atoms with E-state index in [4.69, 9.17) is 15.4 Å². The van der Waals surface area contributed by atoms with E-state index in [2.05, 4.69) is 5.16 Å². The van der Waals surface area contributed by atoms with Crippen molar-refractivity contribution in [1.29, 1.82) is 0 Å². The molecule has 3 N–H and O–H groups in total. The molecule has 0 radical (unpaired) electrons. The minimum atomic E-state index is -0.0411. The molecule has 0 spiro atoms. The molecule has 0 fully saturated rings. The average Bonchev–Trinajstić information content (AvgIpc) is 1.98. The molecule has 0 bridgehead atoms. The summed E-state index contributed by atoms with van der Waals surface area (Å²) in [7, 11) is 0. The van der Waals surface area contributed by atoms with E-state index in [1.54, 1.807) is 0 Å². The van der Waals surface area contributed by atoms with Gasteiger partial charge in [-0.25, -0.2) is 0 Å². The van der Waals surface area contributed by atoms with Crippen LogP contribution in [0.15, 0.2) is 23.4 Å². The van der Waals surface area contributed by atoms with Crippen molar-refractivity contribution < 1.29 is 15.4 Å². The fraction of sp³-hybridized carbons (Fsp3) is 0. The molecule has 4 heteroatoms. The summed E-state index contributed by atoms with van der Waals surface area (Å²) in [5.74, 6) is -0.0294. The molecule has 0 saturated heterocycles. The topological polar surface area (TPSA) is 73.1 Å². The summed E-state index contributed by atoms with van der Waals surface area (Å²) < 4.78 is 0. The number of benzene rings is 1. The van der Waals surface area contributed by atoms with Crippen molar-refractivity contribution in [2.24, 2.45) is 5.16 Å². The van der Waals surface area contributed by atoms with E-state index < -0.39 is 0 Å². The van der Waals surface area contributed by atoms with Crippen molar-refractivity contribution in [3.8, 4) is 11.5 Å². The Hall–Kier alpha value is -1.71. The average molecular weight is 153 g/mol. The predicted octanol–water partition coefficient (Wildman–Crippen LogP) is 0.906. The third kappa shape index (κ3) is 1.61. The smallest absolute Gasteiger partial charge is 0.124 e. The summed E-state index contributed by atoms with van der Waals surface area (Å²) in [6.07, 6.45) is 1.04. The van der Waals surface area contributed by atoms with Crippen LogP contribution in [0.5, 0.6) is 11.5 Å². The molecule has 1 aromatic rings. The van der Waals surface area contributed by atoms with Gasteiger partial charge in [0.05, 0.1) is 6.21 Å². The minimum absolute atomic E-state index is 0.0118. The van der Waals surface area contributed by atoms with Gasteiger partial charge in [-0.05, 0) is 18.2 Å². The fourth-order valence-corrected chi connectivity index (χ4v) is 0.708. The van der Waals surface area contributed by atoms with E-state index in [9.17, 15) is 0 Å². The van der Waals surface area contributed by atoms with Gasteiger partial charge in [-0.15, -0.1) is 0 Å². The molecule has 0 aromatic heterocycles. The third-order valence-corrected chi connectivity index (χ3v) is 1.21. The lowest BCUT2D eigenvalue weighted by Gasteiger charge is -1.96. The van der Waals surface area contributed by atoms with Gasteiger partial charge in [0, 0.05) is 5.56 Å². The summed E-state index contributed by atoms with van der Waals surface area (Å²) in [6, 6.07) is 3.94. The summed E-state index contributed by atoms with van der Waals surface area (Å²) in [5, 5.41) is 28.8. The van der Waals surface area contributed by atoms with Gasteiger partial charge >= 0.3 is 0 Å². The van der Waals surface area contributed by atoms with Gasteiger partial charge in [0.1, 0.15) is 11.5 Å². The van der Waals surface area contributed by atoms with Crippen LogP contribution < -0.4 is 0 Å². The van der Waals surface area contributed by atoms with E-state index in [1.165, 1.54) is 18.2 Å². The van der Waals surface area contributed by atoms with Crippen LogP contribution >= 0.6 is 0 Å². The van der Waals surface area contributed by atoms with Gasteiger partial charge in [-0.3, -0.25) is 0 Å². The molecule has 0 aliphatic heterocycles. The molecular formula is C7H7NO3. The predicted molar refractivity (Wildman–Crippen MR) is 39.2 cm³/mol. The number of aromatic hydroxyl groups is 2. The highest BCUT2D eigenvalue weighted by Crippen LogP contribution is 2.19. The van der Waals surface area contributed by atoms with E-state index >= 15 is 0 Å². The Kier molecular flexibility index (Phi) is 1.96. The van der Waals surface area contributed by atoms with Gasteiger partial charge in [-0.1, -0.05) is 5.16 Å². The summed E-state index contributed by atoms with van der Waals surface area (Å²) in [6.45, 7) is 0. The Morgan fingerprint density at radius 3 is 2.64 bits per heavy atom. The van der Waals surface area contributed by atoms with Crippen molar-refractivity contribution >= 4 is 6.21 Å². The van der Waals surface area contributed by atoms with Gasteiger partial charge in [0.15, 0.2) is 0 Å². The Morgan fingerprint density at radius 2 is 2.00 bits per heavy atom. The number of nitrogens with zero attached hydrogens (tertiary/aromatic N) is 1. The van der Waals surface area contributed by atoms with Crippen LogP contribution in [-0.2, 0) is 0 Å². The largest absolute Gasteiger partial charge is 0.508 e. The van der Waals surface area contributed by atoms with Crippen molar-refractivity contribution in [2.45, 2.75) is 0 Å². The maximum atomic E-state index is 9.05. The molecule has 0 heterocycles. The number of oxime groups is 1. The normalized spacial score (nSPS) is 10.5. The summed E-state index contributed by atoms with van der Waals surface area (Å²) in [5.41, 5.74) is 0.271. The van der Waals surface area contributed by atoms with Crippen LogP contribution in [0.25, 0.3) is 0 Å². The third-order valence-electron chi connectivity index (χ3n) is 1.21. The highest BCUT2D eigenvalue weighted by Gasteiger charge is 1.98. The van der Waals surface area contributed by atoms with Crippen molar-refractivity contribution in [3.63, 3.8) is 0 Å². The van der Waals surface area contributed by atoms with Crippen molar-refractivity contribution in [3.05, 3.63) is 23.8 Å². The molecule has 0 amide bonds. The van der Waals surface area contributed by atoms with Gasteiger partial charge in [0.2, 0.25) is 0 Å². The highest BCUT2D eigenvalue weighted by molar-refractivity contribution is 5.83. The highest BCUT2D eigenvalue weighted by atomic mass is 16.4. The SMILES string of the molecule is O/N=C\c1cc(O)ccc1O. The maximum Gasteiger partial charge on any atom is 0.124 e. The van der Waals surface area contributed by atoms with Crippen molar-refractivity contribution in [2.75, 3.05) is 0 Å². The first kappa shape index (κ1) is 7.40. The molecule has 11 heavy (non-hydrogen) atoms. The Labute approximate surface area is 63.0 Å². The second-order valence-corrected chi connectivity index (χ2v) is 1.99. The zero-order valence-electron chi connectivity index (χ0n) is 5.60. The monoisotopic (exact) mass is 153 g/mol. The van der Waals surface area contributed by atoms with E-state index in [-0.39, 0.29) is 17.1 Å². The zero-order valence-corrected chi connectivity index (χ0v) is 5.60. The fourth-order valence-electron chi connectivity index (χ4n) is 0.708. The lowest BCUT2D eigenvalue weighted by molar-refractivity contribution is 0.321. The lowest BCUT2D eigenvalue weighted by Crippen LogP contribution is -1.81. The Morgan fingerprint density at radius 1 is 1.27 bits per heavy atom. The first-order valence-electron chi connectivity index (χ1n) is 2.93. The van der Waals surface area contributed by atoms with Crippen LogP contribution in [-0.4, -0.2) is 21.6 Å². The number of rotatable bonds is 1. The van der Waals surface area contributed by atoms with Crippen LogP contribution in [0.3, 0.4) is 0 Å². The van der Waals surface area contributed by atoms with Crippen LogP contribution in [0, 0.1) is 0 Å². The standard InChI is InChI=1S/C7H7NO3/c9-6-1-2-7(10)5(3-6)4-8-11/h1-4,9-11H/b8-4-. The molecule has 0 aliphatic rings. The number of phenolic OH excluding ortho intramolecular Hbond substituents is 2. The molecule has 4 nitrogen and oxygen atoms in total.